The molecule has 20 heavy (non-hydrogen) atoms. The van der Waals surface area contributed by atoms with Crippen molar-refractivity contribution < 1.29 is 0 Å². The Bertz CT molecular complexity index is 570. The number of aromatic nitrogens is 1. The van der Waals surface area contributed by atoms with Crippen molar-refractivity contribution in [3.05, 3.63) is 42.2 Å². The van der Waals surface area contributed by atoms with Crippen LogP contribution in [-0.4, -0.2) is 11.5 Å². The van der Waals surface area contributed by atoms with Gasteiger partial charge in [0.15, 0.2) is 0 Å². The van der Waals surface area contributed by atoms with Crippen molar-refractivity contribution in [3.63, 3.8) is 0 Å². The van der Waals surface area contributed by atoms with Crippen LogP contribution >= 0.6 is 0 Å². The van der Waals surface area contributed by atoms with E-state index in [2.05, 4.69) is 41.5 Å². The zero-order valence-corrected chi connectivity index (χ0v) is 12.4. The lowest BCUT2D eigenvalue weighted by Crippen LogP contribution is -2.31. The molecule has 0 radical (unpaired) electrons. The molecule has 3 rings (SSSR count). The number of nitrogens with one attached hydrogen (secondary N) is 1. The van der Waals surface area contributed by atoms with Crippen molar-refractivity contribution in [1.82, 2.24) is 10.3 Å². The molecule has 0 bridgehead atoms. The van der Waals surface area contributed by atoms with Crippen LogP contribution in [0.5, 0.6) is 0 Å². The number of hydrogen-bond acceptors (Lipinski definition) is 2. The summed E-state index contributed by atoms with van der Waals surface area (Å²) in [5.41, 5.74) is 1.94. The number of benzene rings is 1. The topological polar surface area (TPSA) is 24.9 Å². The van der Waals surface area contributed by atoms with Crippen LogP contribution in [0.1, 0.15) is 44.6 Å². The molecule has 1 aliphatic rings. The lowest BCUT2D eigenvalue weighted by Gasteiger charge is -2.27. The maximum absolute atomic E-state index is 4.16. The van der Waals surface area contributed by atoms with Crippen molar-refractivity contribution in [1.29, 1.82) is 0 Å². The van der Waals surface area contributed by atoms with Gasteiger partial charge in [0, 0.05) is 30.9 Å². The number of pyridine rings is 1. The van der Waals surface area contributed by atoms with Gasteiger partial charge >= 0.3 is 0 Å². The Morgan fingerprint density at radius 2 is 2.00 bits per heavy atom. The van der Waals surface area contributed by atoms with Crippen LogP contribution < -0.4 is 5.32 Å². The average molecular weight is 268 g/mol. The van der Waals surface area contributed by atoms with E-state index >= 15 is 0 Å². The van der Waals surface area contributed by atoms with E-state index in [1.165, 1.54) is 48.4 Å². The first-order chi connectivity index (χ1) is 9.81. The van der Waals surface area contributed by atoms with Gasteiger partial charge in [0.2, 0.25) is 0 Å². The van der Waals surface area contributed by atoms with E-state index in [9.17, 15) is 0 Å². The Balaban J connectivity index is 1.62. The summed E-state index contributed by atoms with van der Waals surface area (Å²) in [5.74, 6) is 0. The van der Waals surface area contributed by atoms with Gasteiger partial charge in [-0.2, -0.15) is 0 Å². The molecule has 0 unspecified atom stereocenters. The highest BCUT2D eigenvalue weighted by atomic mass is 14.9. The second-order valence-corrected chi connectivity index (χ2v) is 6.22. The molecule has 2 nitrogen and oxygen atoms in total. The van der Waals surface area contributed by atoms with E-state index in [1.54, 1.807) is 0 Å². The van der Waals surface area contributed by atoms with Gasteiger partial charge in [-0.05, 0) is 47.8 Å². The van der Waals surface area contributed by atoms with Crippen LogP contribution in [0.4, 0.5) is 0 Å². The molecule has 1 N–H and O–H groups in total. The third-order valence-electron chi connectivity index (χ3n) is 4.95. The predicted octanol–water partition coefficient (Wildman–Crippen LogP) is 4.29. The molecule has 0 spiro atoms. The molecular formula is C18H24N2. The van der Waals surface area contributed by atoms with E-state index < -0.39 is 0 Å². The van der Waals surface area contributed by atoms with Crippen molar-refractivity contribution in [2.24, 2.45) is 5.41 Å². The minimum atomic E-state index is 0.570. The third kappa shape index (κ3) is 2.85. The van der Waals surface area contributed by atoms with E-state index in [0.29, 0.717) is 5.41 Å². The normalized spacial score (nSPS) is 17.6. The van der Waals surface area contributed by atoms with Gasteiger partial charge in [-0.15, -0.1) is 0 Å². The molecule has 1 heterocycles. The average Bonchev–Trinajstić information content (AvgIpc) is 2.96. The predicted molar refractivity (Wildman–Crippen MR) is 84.6 cm³/mol. The highest BCUT2D eigenvalue weighted by Gasteiger charge is 2.31. The standard InChI is InChI=1S/C18H24N2/c1-2-18(8-3-4-9-18)14-20-12-15-5-6-17-13-19-10-7-16(17)11-15/h5-7,10-11,13,20H,2-4,8-9,12,14H2,1H3. The first-order valence-corrected chi connectivity index (χ1v) is 7.85. The highest BCUT2D eigenvalue weighted by molar-refractivity contribution is 5.81. The molecule has 1 fully saturated rings. The maximum Gasteiger partial charge on any atom is 0.0346 e. The number of rotatable bonds is 5. The fraction of sp³-hybridized carbons (Fsp3) is 0.500. The molecule has 1 aliphatic carbocycles. The second-order valence-electron chi connectivity index (χ2n) is 6.22. The van der Waals surface area contributed by atoms with Gasteiger partial charge in [-0.25, -0.2) is 0 Å². The molecule has 1 saturated carbocycles. The summed E-state index contributed by atoms with van der Waals surface area (Å²) in [6, 6.07) is 8.75. The summed E-state index contributed by atoms with van der Waals surface area (Å²) in [6.45, 7) is 4.48. The number of fused-ring (bicyclic) bond motifs is 1. The summed E-state index contributed by atoms with van der Waals surface area (Å²) in [4.78, 5) is 4.16. The lowest BCUT2D eigenvalue weighted by atomic mass is 9.83. The van der Waals surface area contributed by atoms with E-state index in [4.69, 9.17) is 0 Å². The van der Waals surface area contributed by atoms with Crippen molar-refractivity contribution in [2.75, 3.05) is 6.54 Å². The zero-order chi connectivity index (χ0) is 13.8. The van der Waals surface area contributed by atoms with E-state index in [-0.39, 0.29) is 0 Å². The largest absolute Gasteiger partial charge is 0.312 e. The van der Waals surface area contributed by atoms with Crippen LogP contribution in [0.25, 0.3) is 10.8 Å². The molecule has 0 aliphatic heterocycles. The Labute approximate surface area is 121 Å². The fourth-order valence-corrected chi connectivity index (χ4v) is 3.50. The van der Waals surface area contributed by atoms with Crippen LogP contribution in [0.15, 0.2) is 36.7 Å². The van der Waals surface area contributed by atoms with Crippen LogP contribution in [0.2, 0.25) is 0 Å². The summed E-state index contributed by atoms with van der Waals surface area (Å²) >= 11 is 0. The first-order valence-electron chi connectivity index (χ1n) is 7.85. The molecule has 1 aromatic heterocycles. The number of hydrogen-bond donors (Lipinski definition) is 1. The maximum atomic E-state index is 4.16. The fourth-order valence-electron chi connectivity index (χ4n) is 3.50. The molecule has 1 aromatic carbocycles. The number of nitrogens with zero attached hydrogens (tertiary/aromatic N) is 1. The van der Waals surface area contributed by atoms with Crippen molar-refractivity contribution in [3.8, 4) is 0 Å². The molecule has 0 amide bonds. The van der Waals surface area contributed by atoms with Gasteiger partial charge in [-0.1, -0.05) is 31.9 Å². The Morgan fingerprint density at radius 3 is 2.80 bits per heavy atom. The lowest BCUT2D eigenvalue weighted by molar-refractivity contribution is 0.268. The molecule has 0 saturated heterocycles. The van der Waals surface area contributed by atoms with Gasteiger partial charge in [0.25, 0.3) is 0 Å². The first kappa shape index (κ1) is 13.6. The van der Waals surface area contributed by atoms with E-state index in [0.717, 1.165) is 13.1 Å². The monoisotopic (exact) mass is 268 g/mol. The van der Waals surface area contributed by atoms with Crippen molar-refractivity contribution >= 4 is 10.8 Å². The molecule has 0 atom stereocenters. The Kier molecular flexibility index (Phi) is 4.02. The SMILES string of the molecule is CCC1(CNCc2ccc3cnccc3c2)CCCC1. The van der Waals surface area contributed by atoms with Crippen molar-refractivity contribution in [2.45, 2.75) is 45.6 Å². The third-order valence-corrected chi connectivity index (χ3v) is 4.95. The van der Waals surface area contributed by atoms with Gasteiger partial charge in [-0.3, -0.25) is 4.98 Å². The van der Waals surface area contributed by atoms with E-state index in [1.807, 2.05) is 12.4 Å². The van der Waals surface area contributed by atoms with Crippen LogP contribution in [-0.2, 0) is 6.54 Å². The smallest absolute Gasteiger partial charge is 0.0346 e. The molecule has 2 heteroatoms. The highest BCUT2D eigenvalue weighted by Crippen LogP contribution is 2.40. The van der Waals surface area contributed by atoms with Crippen LogP contribution in [0.3, 0.4) is 0 Å². The summed E-state index contributed by atoms with van der Waals surface area (Å²) in [6.07, 6.45) is 10.7. The molecular weight excluding hydrogens is 244 g/mol. The van der Waals surface area contributed by atoms with Gasteiger partial charge < -0.3 is 5.32 Å². The van der Waals surface area contributed by atoms with Gasteiger partial charge in [0.1, 0.15) is 0 Å². The minimum Gasteiger partial charge on any atom is -0.312 e. The molecule has 106 valence electrons. The minimum absolute atomic E-state index is 0.570. The zero-order valence-electron chi connectivity index (χ0n) is 12.4. The quantitative estimate of drug-likeness (QED) is 0.874. The second kappa shape index (κ2) is 5.92. The Hall–Kier alpha value is -1.41. The van der Waals surface area contributed by atoms with Gasteiger partial charge in [0.05, 0.1) is 0 Å². The van der Waals surface area contributed by atoms with Crippen LogP contribution in [0, 0.1) is 5.41 Å². The summed E-state index contributed by atoms with van der Waals surface area (Å²) < 4.78 is 0. The summed E-state index contributed by atoms with van der Waals surface area (Å²) in [7, 11) is 0. The molecule has 2 aromatic rings. The summed E-state index contributed by atoms with van der Waals surface area (Å²) in [5, 5.41) is 6.19. The Morgan fingerprint density at radius 1 is 1.15 bits per heavy atom.